The average molecular weight is 170 g/mol. The van der Waals surface area contributed by atoms with Crippen LogP contribution in [0.3, 0.4) is 0 Å². The van der Waals surface area contributed by atoms with E-state index in [4.69, 9.17) is 5.11 Å². The van der Waals surface area contributed by atoms with Gasteiger partial charge >= 0.3 is 0 Å². The fraction of sp³-hybridized carbons (Fsp3) is 0.556. The Balaban J connectivity index is 3.61. The molecule has 0 aliphatic rings. The van der Waals surface area contributed by atoms with E-state index in [0.29, 0.717) is 0 Å². The van der Waals surface area contributed by atoms with Crippen molar-refractivity contribution in [3.05, 3.63) is 11.5 Å². The molecule has 0 aromatic carbocycles. The highest BCUT2D eigenvalue weighted by molar-refractivity contribution is 8.03. The molecule has 0 aliphatic carbocycles. The van der Waals surface area contributed by atoms with Crippen molar-refractivity contribution in [2.75, 3.05) is 6.61 Å². The average Bonchev–Trinajstić information content (AvgIpc) is 1.85. The molecule has 1 nitrogen and oxygen atoms in total. The minimum Gasteiger partial charge on any atom is -0.384 e. The van der Waals surface area contributed by atoms with E-state index in [1.54, 1.807) is 17.8 Å². The maximum Gasteiger partial charge on any atom is 0.104 e. The molecule has 0 heterocycles. The van der Waals surface area contributed by atoms with Gasteiger partial charge in [-0.15, -0.1) is 11.8 Å². The lowest BCUT2D eigenvalue weighted by Crippen LogP contribution is -2.04. The molecule has 0 spiro atoms. The van der Waals surface area contributed by atoms with E-state index in [9.17, 15) is 0 Å². The SMILES string of the molecule is CC(C)(C)S/C=C\C#CCO. The van der Waals surface area contributed by atoms with Gasteiger partial charge in [0.05, 0.1) is 0 Å². The van der Waals surface area contributed by atoms with Crippen LogP contribution in [-0.2, 0) is 0 Å². The summed E-state index contributed by atoms with van der Waals surface area (Å²) in [4.78, 5) is 0. The Morgan fingerprint density at radius 3 is 2.55 bits per heavy atom. The summed E-state index contributed by atoms with van der Waals surface area (Å²) in [5.41, 5.74) is 0. The van der Waals surface area contributed by atoms with Gasteiger partial charge < -0.3 is 5.11 Å². The third-order valence-corrected chi connectivity index (χ3v) is 1.73. The lowest BCUT2D eigenvalue weighted by Gasteiger charge is -2.13. The lowest BCUT2D eigenvalue weighted by atomic mass is 10.3. The van der Waals surface area contributed by atoms with Crippen molar-refractivity contribution >= 4 is 11.8 Å². The lowest BCUT2D eigenvalue weighted by molar-refractivity contribution is 0.350. The normalized spacial score (nSPS) is 11.3. The van der Waals surface area contributed by atoms with Crippen LogP contribution in [0.1, 0.15) is 20.8 Å². The van der Waals surface area contributed by atoms with Crippen LogP contribution in [0.5, 0.6) is 0 Å². The van der Waals surface area contributed by atoms with Crippen LogP contribution in [0.15, 0.2) is 11.5 Å². The standard InChI is InChI=1S/C9H14OS/c1-9(2,3)11-8-6-4-5-7-10/h6,8,10H,7H2,1-3H3/b8-6-. The van der Waals surface area contributed by atoms with Gasteiger partial charge in [0, 0.05) is 4.75 Å². The molecule has 0 fully saturated rings. The Labute approximate surface area is 72.9 Å². The van der Waals surface area contributed by atoms with Gasteiger partial charge in [-0.1, -0.05) is 32.6 Å². The zero-order chi connectivity index (χ0) is 8.74. The quantitative estimate of drug-likeness (QED) is 0.608. The predicted molar refractivity (Wildman–Crippen MR) is 51.3 cm³/mol. The summed E-state index contributed by atoms with van der Waals surface area (Å²) in [6, 6.07) is 0. The molecule has 0 bridgehead atoms. The number of aliphatic hydroxyl groups excluding tert-OH is 1. The highest BCUT2D eigenvalue weighted by Gasteiger charge is 2.06. The molecular weight excluding hydrogens is 156 g/mol. The van der Waals surface area contributed by atoms with E-state index >= 15 is 0 Å². The summed E-state index contributed by atoms with van der Waals surface area (Å²) < 4.78 is 0.247. The number of aliphatic hydroxyl groups is 1. The van der Waals surface area contributed by atoms with E-state index in [1.165, 1.54) is 0 Å². The molecule has 0 aromatic heterocycles. The predicted octanol–water partition coefficient (Wildman–Crippen LogP) is 2.03. The van der Waals surface area contributed by atoms with Crippen molar-refractivity contribution in [1.29, 1.82) is 0 Å². The zero-order valence-electron chi connectivity index (χ0n) is 7.22. The summed E-state index contributed by atoms with van der Waals surface area (Å²) >= 11 is 1.72. The van der Waals surface area contributed by atoms with Gasteiger partial charge in [0.1, 0.15) is 6.61 Å². The molecule has 11 heavy (non-hydrogen) atoms. The molecular formula is C9H14OS. The molecule has 0 amide bonds. The Morgan fingerprint density at radius 1 is 1.45 bits per heavy atom. The maximum atomic E-state index is 8.31. The Kier molecular flexibility index (Phi) is 5.10. The summed E-state index contributed by atoms with van der Waals surface area (Å²) in [5, 5.41) is 10.3. The van der Waals surface area contributed by atoms with Crippen molar-refractivity contribution in [3.63, 3.8) is 0 Å². The van der Waals surface area contributed by atoms with Gasteiger partial charge in [0.15, 0.2) is 0 Å². The van der Waals surface area contributed by atoms with Gasteiger partial charge in [-0.25, -0.2) is 0 Å². The van der Waals surface area contributed by atoms with Crippen molar-refractivity contribution in [2.24, 2.45) is 0 Å². The minimum absolute atomic E-state index is 0.0650. The molecule has 0 radical (unpaired) electrons. The number of hydrogen-bond donors (Lipinski definition) is 1. The Hall–Kier alpha value is -0.390. The summed E-state index contributed by atoms with van der Waals surface area (Å²) in [6.07, 6.45) is 1.76. The maximum absolute atomic E-state index is 8.31. The first-order valence-corrected chi connectivity index (χ1v) is 4.36. The van der Waals surface area contributed by atoms with E-state index < -0.39 is 0 Å². The molecule has 0 aliphatic heterocycles. The number of thioether (sulfide) groups is 1. The second kappa shape index (κ2) is 5.29. The van der Waals surface area contributed by atoms with Crippen LogP contribution in [0.2, 0.25) is 0 Å². The molecule has 0 rings (SSSR count). The van der Waals surface area contributed by atoms with Crippen molar-refractivity contribution in [2.45, 2.75) is 25.5 Å². The molecule has 0 saturated carbocycles. The molecule has 1 N–H and O–H groups in total. The topological polar surface area (TPSA) is 20.2 Å². The largest absolute Gasteiger partial charge is 0.384 e. The smallest absolute Gasteiger partial charge is 0.104 e. The van der Waals surface area contributed by atoms with E-state index in [1.807, 2.05) is 5.41 Å². The number of allylic oxidation sites excluding steroid dienone is 1. The molecule has 62 valence electrons. The number of rotatable bonds is 1. The third-order valence-electron chi connectivity index (χ3n) is 0.754. The second-order valence-electron chi connectivity index (χ2n) is 3.01. The molecule has 2 heteroatoms. The van der Waals surface area contributed by atoms with Crippen molar-refractivity contribution < 1.29 is 5.11 Å². The van der Waals surface area contributed by atoms with Gasteiger partial charge in [0.2, 0.25) is 0 Å². The van der Waals surface area contributed by atoms with Crippen LogP contribution >= 0.6 is 11.8 Å². The second-order valence-corrected chi connectivity index (χ2v) is 4.74. The van der Waals surface area contributed by atoms with Gasteiger partial charge in [-0.2, -0.15) is 0 Å². The van der Waals surface area contributed by atoms with Crippen LogP contribution in [0.4, 0.5) is 0 Å². The van der Waals surface area contributed by atoms with Crippen molar-refractivity contribution in [3.8, 4) is 11.8 Å². The molecule has 0 saturated heterocycles. The van der Waals surface area contributed by atoms with E-state index in [-0.39, 0.29) is 11.4 Å². The minimum atomic E-state index is -0.0650. The van der Waals surface area contributed by atoms with Crippen LogP contribution in [-0.4, -0.2) is 16.5 Å². The highest BCUT2D eigenvalue weighted by Crippen LogP contribution is 2.23. The number of hydrogen-bond acceptors (Lipinski definition) is 2. The van der Waals surface area contributed by atoms with Crippen LogP contribution in [0.25, 0.3) is 0 Å². The molecule has 0 unspecified atom stereocenters. The summed E-state index contributed by atoms with van der Waals surface area (Å²) in [5.74, 6) is 5.25. The molecule has 0 aromatic rings. The summed E-state index contributed by atoms with van der Waals surface area (Å²) in [6.45, 7) is 6.36. The highest BCUT2D eigenvalue weighted by atomic mass is 32.2. The molecule has 0 atom stereocenters. The van der Waals surface area contributed by atoms with E-state index in [2.05, 4.69) is 32.6 Å². The van der Waals surface area contributed by atoms with Gasteiger partial charge in [-0.3, -0.25) is 0 Å². The van der Waals surface area contributed by atoms with Gasteiger partial charge in [-0.05, 0) is 11.5 Å². The Morgan fingerprint density at radius 2 is 2.09 bits per heavy atom. The Bertz CT molecular complexity index is 178. The van der Waals surface area contributed by atoms with Crippen LogP contribution in [0, 0.1) is 11.8 Å². The first-order valence-electron chi connectivity index (χ1n) is 3.48. The first kappa shape index (κ1) is 10.6. The van der Waals surface area contributed by atoms with Gasteiger partial charge in [0.25, 0.3) is 0 Å². The first-order chi connectivity index (χ1) is 5.06. The monoisotopic (exact) mass is 170 g/mol. The summed E-state index contributed by atoms with van der Waals surface area (Å²) in [7, 11) is 0. The fourth-order valence-corrected chi connectivity index (χ4v) is 0.921. The van der Waals surface area contributed by atoms with Crippen LogP contribution < -0.4 is 0 Å². The zero-order valence-corrected chi connectivity index (χ0v) is 8.03. The van der Waals surface area contributed by atoms with Crippen molar-refractivity contribution in [1.82, 2.24) is 0 Å². The third kappa shape index (κ3) is 9.61. The fourth-order valence-electron chi connectivity index (χ4n) is 0.377. The van der Waals surface area contributed by atoms with E-state index in [0.717, 1.165) is 0 Å².